The normalized spacial score (nSPS) is 12.6. The Morgan fingerprint density at radius 1 is 1.32 bits per heavy atom. The number of aliphatic hydroxyl groups excluding tert-OH is 1. The molecule has 0 bridgehead atoms. The number of halogens is 2. The van der Waals surface area contributed by atoms with Gasteiger partial charge >= 0.3 is 0 Å². The Morgan fingerprint density at radius 3 is 2.79 bits per heavy atom. The van der Waals surface area contributed by atoms with Crippen molar-refractivity contribution in [3.8, 4) is 0 Å². The van der Waals surface area contributed by atoms with Gasteiger partial charge in [0.05, 0.1) is 0 Å². The number of benzene rings is 1. The van der Waals surface area contributed by atoms with E-state index in [2.05, 4.69) is 10.3 Å². The first-order chi connectivity index (χ1) is 9.09. The van der Waals surface area contributed by atoms with Gasteiger partial charge < -0.3 is 10.4 Å². The monoisotopic (exact) mass is 266 g/mol. The van der Waals surface area contributed by atoms with E-state index in [1.165, 1.54) is 6.20 Å². The number of amides is 1. The van der Waals surface area contributed by atoms with E-state index in [1.807, 2.05) is 12.1 Å². The Bertz CT molecular complexity index is 584. The summed E-state index contributed by atoms with van der Waals surface area (Å²) >= 11 is 0. The number of rotatable bonds is 4. The van der Waals surface area contributed by atoms with E-state index in [0.29, 0.717) is 5.39 Å². The highest BCUT2D eigenvalue weighted by molar-refractivity contribution is 6.05. The molecule has 2 rings (SSSR count). The summed E-state index contributed by atoms with van der Waals surface area (Å²) in [6.45, 7) is -0.512. The van der Waals surface area contributed by atoms with Crippen LogP contribution in [0.4, 0.5) is 8.78 Å². The summed E-state index contributed by atoms with van der Waals surface area (Å²) in [5.41, 5.74) is 0.152. The van der Waals surface area contributed by atoms with Crippen molar-refractivity contribution in [1.29, 1.82) is 0 Å². The minimum absolute atomic E-state index is 0.152. The second kappa shape index (κ2) is 5.71. The lowest BCUT2D eigenvalue weighted by Gasteiger charge is -2.11. The lowest BCUT2D eigenvalue weighted by atomic mass is 10.1. The van der Waals surface area contributed by atoms with Crippen molar-refractivity contribution in [2.75, 3.05) is 6.54 Å². The molecule has 19 heavy (non-hydrogen) atoms. The van der Waals surface area contributed by atoms with Gasteiger partial charge in [-0.25, -0.2) is 8.78 Å². The molecule has 2 N–H and O–H groups in total. The zero-order valence-corrected chi connectivity index (χ0v) is 9.88. The van der Waals surface area contributed by atoms with Gasteiger partial charge in [0, 0.05) is 18.1 Å². The summed E-state index contributed by atoms with van der Waals surface area (Å²) in [7, 11) is 0. The predicted molar refractivity (Wildman–Crippen MR) is 66.1 cm³/mol. The molecule has 1 aromatic heterocycles. The molecule has 0 saturated carbocycles. The van der Waals surface area contributed by atoms with E-state index in [-0.39, 0.29) is 5.69 Å². The van der Waals surface area contributed by atoms with Crippen LogP contribution in [0.15, 0.2) is 36.5 Å². The molecule has 2 aromatic rings. The maximum Gasteiger partial charge on any atom is 0.270 e. The second-order valence-electron chi connectivity index (χ2n) is 3.99. The van der Waals surface area contributed by atoms with Crippen molar-refractivity contribution in [2.45, 2.75) is 12.5 Å². The lowest BCUT2D eigenvalue weighted by Crippen LogP contribution is -2.36. The number of aromatic nitrogens is 1. The van der Waals surface area contributed by atoms with Gasteiger partial charge in [0.15, 0.2) is 0 Å². The van der Waals surface area contributed by atoms with Crippen LogP contribution >= 0.6 is 0 Å². The molecule has 100 valence electrons. The molecule has 1 heterocycles. The first-order valence-corrected chi connectivity index (χ1v) is 5.68. The summed E-state index contributed by atoms with van der Waals surface area (Å²) < 4.78 is 24.2. The van der Waals surface area contributed by atoms with Gasteiger partial charge in [0.2, 0.25) is 0 Å². The largest absolute Gasteiger partial charge is 0.385 e. The summed E-state index contributed by atoms with van der Waals surface area (Å²) in [6.07, 6.45) is -3.29. The summed E-state index contributed by atoms with van der Waals surface area (Å²) in [5.74, 6) is -0.587. The van der Waals surface area contributed by atoms with Crippen LogP contribution in [0.1, 0.15) is 10.5 Å². The van der Waals surface area contributed by atoms with Gasteiger partial charge in [-0.15, -0.1) is 0 Å². The van der Waals surface area contributed by atoms with Crippen molar-refractivity contribution in [3.63, 3.8) is 0 Å². The number of hydrogen-bond acceptors (Lipinski definition) is 3. The molecule has 6 heteroatoms. The Hall–Kier alpha value is -2.08. The maximum atomic E-state index is 12.1. The van der Waals surface area contributed by atoms with Crippen LogP contribution in [0.25, 0.3) is 10.8 Å². The van der Waals surface area contributed by atoms with Crippen molar-refractivity contribution in [2.24, 2.45) is 0 Å². The number of nitrogens with one attached hydrogen (secondary N) is 1. The van der Waals surface area contributed by atoms with Gasteiger partial charge in [0.25, 0.3) is 12.3 Å². The molecular weight excluding hydrogens is 254 g/mol. The molecule has 0 spiro atoms. The molecule has 0 aliphatic carbocycles. The van der Waals surface area contributed by atoms with Crippen LogP contribution in [0.3, 0.4) is 0 Å². The molecule has 0 aliphatic rings. The molecular formula is C13H12F2N2O2. The van der Waals surface area contributed by atoms with Crippen molar-refractivity contribution >= 4 is 16.7 Å². The predicted octanol–water partition coefficient (Wildman–Crippen LogP) is 1.59. The van der Waals surface area contributed by atoms with E-state index in [1.54, 1.807) is 18.2 Å². The van der Waals surface area contributed by atoms with E-state index < -0.39 is 25.0 Å². The number of hydrogen-bond donors (Lipinski definition) is 2. The Kier molecular flexibility index (Phi) is 4.01. The average molecular weight is 266 g/mol. The quantitative estimate of drug-likeness (QED) is 0.883. The Labute approximate surface area is 108 Å². The van der Waals surface area contributed by atoms with Crippen LogP contribution in [0.2, 0.25) is 0 Å². The molecule has 0 saturated heterocycles. The van der Waals surface area contributed by atoms with Gasteiger partial charge in [-0.05, 0) is 11.5 Å². The van der Waals surface area contributed by atoms with Crippen LogP contribution in [0, 0.1) is 0 Å². The number of alkyl halides is 2. The molecule has 1 unspecified atom stereocenters. The van der Waals surface area contributed by atoms with Crippen LogP contribution in [-0.4, -0.2) is 35.1 Å². The fourth-order valence-corrected chi connectivity index (χ4v) is 1.67. The highest BCUT2D eigenvalue weighted by Gasteiger charge is 2.19. The van der Waals surface area contributed by atoms with Gasteiger partial charge in [-0.1, -0.05) is 24.3 Å². The number of aliphatic hydroxyl groups is 1. The third kappa shape index (κ3) is 3.03. The fraction of sp³-hybridized carbons (Fsp3) is 0.231. The minimum Gasteiger partial charge on any atom is -0.385 e. The van der Waals surface area contributed by atoms with E-state index >= 15 is 0 Å². The van der Waals surface area contributed by atoms with Crippen molar-refractivity contribution < 1.29 is 18.7 Å². The zero-order valence-electron chi connectivity index (χ0n) is 9.88. The summed E-state index contributed by atoms with van der Waals surface area (Å²) in [5, 5.41) is 12.7. The standard InChI is InChI=1S/C13H12F2N2O2/c14-12(15)10(18)7-17-13(19)11-9-4-2-1-3-8(9)5-6-16-11/h1-6,10,12,18H,7H2,(H,17,19). The Morgan fingerprint density at radius 2 is 2.05 bits per heavy atom. The van der Waals surface area contributed by atoms with Crippen LogP contribution in [-0.2, 0) is 0 Å². The SMILES string of the molecule is O=C(NCC(O)C(F)F)c1nccc2ccccc12. The van der Waals surface area contributed by atoms with Crippen molar-refractivity contribution in [3.05, 3.63) is 42.2 Å². The summed E-state index contributed by atoms with van der Waals surface area (Å²) in [4.78, 5) is 15.8. The highest BCUT2D eigenvalue weighted by Crippen LogP contribution is 2.16. The van der Waals surface area contributed by atoms with E-state index in [9.17, 15) is 13.6 Å². The molecule has 4 nitrogen and oxygen atoms in total. The zero-order chi connectivity index (χ0) is 13.8. The first-order valence-electron chi connectivity index (χ1n) is 5.68. The molecule has 1 aromatic carbocycles. The first kappa shape index (κ1) is 13.4. The Balaban J connectivity index is 2.18. The summed E-state index contributed by atoms with van der Waals surface area (Å²) in [6, 6.07) is 8.88. The molecule has 0 fully saturated rings. The minimum atomic E-state index is -2.89. The number of nitrogens with zero attached hydrogens (tertiary/aromatic N) is 1. The average Bonchev–Trinajstić information content (AvgIpc) is 2.43. The number of carbonyl (C=O) groups is 1. The topological polar surface area (TPSA) is 62.2 Å². The highest BCUT2D eigenvalue weighted by atomic mass is 19.3. The maximum absolute atomic E-state index is 12.1. The third-order valence-electron chi connectivity index (χ3n) is 2.65. The molecule has 1 atom stereocenters. The molecule has 1 amide bonds. The van der Waals surface area contributed by atoms with Crippen LogP contribution in [0.5, 0.6) is 0 Å². The fourth-order valence-electron chi connectivity index (χ4n) is 1.67. The van der Waals surface area contributed by atoms with Crippen LogP contribution < -0.4 is 5.32 Å². The van der Waals surface area contributed by atoms with Gasteiger partial charge in [-0.3, -0.25) is 9.78 Å². The smallest absolute Gasteiger partial charge is 0.270 e. The number of fused-ring (bicyclic) bond motifs is 1. The second-order valence-corrected chi connectivity index (χ2v) is 3.99. The number of pyridine rings is 1. The third-order valence-corrected chi connectivity index (χ3v) is 2.65. The van der Waals surface area contributed by atoms with Gasteiger partial charge in [0.1, 0.15) is 11.8 Å². The lowest BCUT2D eigenvalue weighted by molar-refractivity contribution is -0.00271. The number of carbonyl (C=O) groups excluding carboxylic acids is 1. The molecule has 0 radical (unpaired) electrons. The van der Waals surface area contributed by atoms with Crippen molar-refractivity contribution in [1.82, 2.24) is 10.3 Å². The van der Waals surface area contributed by atoms with E-state index in [0.717, 1.165) is 5.39 Å². The van der Waals surface area contributed by atoms with E-state index in [4.69, 9.17) is 5.11 Å². The van der Waals surface area contributed by atoms with Gasteiger partial charge in [-0.2, -0.15) is 0 Å². The molecule has 0 aliphatic heterocycles.